The van der Waals surface area contributed by atoms with Crippen molar-refractivity contribution in [1.29, 1.82) is 0 Å². The lowest BCUT2D eigenvalue weighted by atomic mass is 9.98. The molecule has 4 heteroatoms. The molecule has 20 heavy (non-hydrogen) atoms. The van der Waals surface area contributed by atoms with E-state index in [9.17, 15) is 4.79 Å². The zero-order valence-corrected chi connectivity index (χ0v) is 13.0. The Hall–Kier alpha value is -1.42. The first-order valence-electron chi connectivity index (χ1n) is 6.94. The first kappa shape index (κ1) is 13.6. The number of hydrogen-bond acceptors (Lipinski definition) is 2. The third-order valence-electron chi connectivity index (χ3n) is 3.97. The molecule has 0 spiro atoms. The number of aromatic nitrogens is 1. The monoisotopic (exact) mass is 332 g/mol. The summed E-state index contributed by atoms with van der Waals surface area (Å²) in [7, 11) is 0. The van der Waals surface area contributed by atoms with Crippen molar-refractivity contribution >= 4 is 32.7 Å². The molecule has 3 rings (SSSR count). The van der Waals surface area contributed by atoms with Crippen LogP contribution in [0.4, 0.5) is 0 Å². The molecule has 2 atom stereocenters. The predicted molar refractivity (Wildman–Crippen MR) is 84.1 cm³/mol. The predicted octanol–water partition coefficient (Wildman–Crippen LogP) is 3.48. The van der Waals surface area contributed by atoms with Crippen LogP contribution in [0.1, 0.15) is 23.7 Å². The zero-order chi connectivity index (χ0) is 14.1. The maximum Gasteiger partial charge on any atom is 0.254 e. The van der Waals surface area contributed by atoms with Crippen molar-refractivity contribution in [3.05, 3.63) is 42.1 Å². The average molecular weight is 333 g/mol. The molecule has 0 aliphatic carbocycles. The second kappa shape index (κ2) is 5.52. The Bertz CT molecular complexity index is 638. The minimum absolute atomic E-state index is 0.120. The van der Waals surface area contributed by atoms with Crippen molar-refractivity contribution in [3.8, 4) is 0 Å². The highest BCUT2D eigenvalue weighted by Crippen LogP contribution is 2.26. The fraction of sp³-hybridized carbons (Fsp3) is 0.375. The highest BCUT2D eigenvalue weighted by molar-refractivity contribution is 9.09. The number of carbonyl (C=O) groups is 1. The maximum absolute atomic E-state index is 12.7. The summed E-state index contributed by atoms with van der Waals surface area (Å²) in [6.45, 7) is 3.81. The summed E-state index contributed by atoms with van der Waals surface area (Å²) in [4.78, 5) is 19.5. The molecule has 1 fully saturated rings. The number of nitrogens with zero attached hydrogens (tertiary/aromatic N) is 2. The van der Waals surface area contributed by atoms with E-state index >= 15 is 0 Å². The van der Waals surface area contributed by atoms with Gasteiger partial charge in [0.1, 0.15) is 0 Å². The molecule has 1 aliphatic rings. The van der Waals surface area contributed by atoms with E-state index in [4.69, 9.17) is 0 Å². The number of rotatable bonds is 1. The molecule has 1 aromatic carbocycles. The number of halogens is 1. The molecule has 2 heterocycles. The summed E-state index contributed by atoms with van der Waals surface area (Å²) in [6.07, 6.45) is 2.73. The topological polar surface area (TPSA) is 33.2 Å². The fourth-order valence-corrected chi connectivity index (χ4v) is 3.13. The van der Waals surface area contributed by atoms with Crippen LogP contribution in [0.15, 0.2) is 36.5 Å². The van der Waals surface area contributed by atoms with Gasteiger partial charge >= 0.3 is 0 Å². The van der Waals surface area contributed by atoms with Crippen LogP contribution in [0.3, 0.4) is 0 Å². The van der Waals surface area contributed by atoms with Crippen LogP contribution in [0, 0.1) is 5.92 Å². The molecule has 104 valence electrons. The molecule has 1 aliphatic heterocycles. The molecule has 0 saturated carbocycles. The van der Waals surface area contributed by atoms with Crippen LogP contribution in [-0.4, -0.2) is 33.7 Å². The van der Waals surface area contributed by atoms with Gasteiger partial charge in [-0.15, -0.1) is 0 Å². The molecule has 1 saturated heterocycles. The molecule has 1 amide bonds. The van der Waals surface area contributed by atoms with Crippen molar-refractivity contribution in [2.24, 2.45) is 5.92 Å². The maximum atomic E-state index is 12.7. The highest BCUT2D eigenvalue weighted by atomic mass is 79.9. The number of hydrogen-bond donors (Lipinski definition) is 0. The summed E-state index contributed by atoms with van der Waals surface area (Å²) in [5, 5.41) is 0.939. The van der Waals surface area contributed by atoms with Crippen LogP contribution >= 0.6 is 15.9 Å². The van der Waals surface area contributed by atoms with Crippen LogP contribution in [0.2, 0.25) is 0 Å². The lowest BCUT2D eigenvalue weighted by Crippen LogP contribution is -2.43. The number of para-hydroxylation sites is 1. The van der Waals surface area contributed by atoms with Gasteiger partial charge in [-0.2, -0.15) is 0 Å². The van der Waals surface area contributed by atoms with Gasteiger partial charge in [-0.25, -0.2) is 0 Å². The number of piperidine rings is 1. The molecule has 2 unspecified atom stereocenters. The van der Waals surface area contributed by atoms with Crippen LogP contribution in [0.5, 0.6) is 0 Å². The van der Waals surface area contributed by atoms with Crippen molar-refractivity contribution in [2.75, 3.05) is 13.1 Å². The average Bonchev–Trinajstić information content (AvgIpc) is 2.49. The molecular formula is C16H17BrN2O. The first-order valence-corrected chi connectivity index (χ1v) is 7.85. The van der Waals surface area contributed by atoms with E-state index in [1.54, 1.807) is 6.20 Å². The Kier molecular flexibility index (Phi) is 3.74. The molecule has 2 aromatic rings. The Balaban J connectivity index is 1.93. The first-order chi connectivity index (χ1) is 9.66. The largest absolute Gasteiger partial charge is 0.338 e. The minimum atomic E-state index is 0.120. The normalized spacial score (nSPS) is 23.0. The van der Waals surface area contributed by atoms with Gasteiger partial charge in [0.2, 0.25) is 0 Å². The van der Waals surface area contributed by atoms with E-state index in [0.29, 0.717) is 10.7 Å². The third kappa shape index (κ3) is 2.44. The summed E-state index contributed by atoms with van der Waals surface area (Å²) < 4.78 is 0. The second-order valence-electron chi connectivity index (χ2n) is 5.41. The van der Waals surface area contributed by atoms with Crippen LogP contribution < -0.4 is 0 Å². The quantitative estimate of drug-likeness (QED) is 0.749. The third-order valence-corrected chi connectivity index (χ3v) is 5.33. The van der Waals surface area contributed by atoms with Gasteiger partial charge in [0.05, 0.1) is 11.1 Å². The van der Waals surface area contributed by atoms with Crippen molar-refractivity contribution in [1.82, 2.24) is 9.88 Å². The van der Waals surface area contributed by atoms with Gasteiger partial charge in [-0.3, -0.25) is 9.78 Å². The fourth-order valence-electron chi connectivity index (χ4n) is 2.75. The smallest absolute Gasteiger partial charge is 0.254 e. The number of carbonyl (C=O) groups excluding carboxylic acids is 1. The molecule has 3 nitrogen and oxygen atoms in total. The highest BCUT2D eigenvalue weighted by Gasteiger charge is 2.28. The number of amides is 1. The lowest BCUT2D eigenvalue weighted by molar-refractivity contribution is 0.0692. The minimum Gasteiger partial charge on any atom is -0.338 e. The van der Waals surface area contributed by atoms with Gasteiger partial charge in [-0.1, -0.05) is 41.1 Å². The number of fused-ring (bicyclic) bond motifs is 1. The number of pyridine rings is 1. The van der Waals surface area contributed by atoms with Gasteiger partial charge in [0, 0.05) is 29.5 Å². The van der Waals surface area contributed by atoms with Gasteiger partial charge in [0.25, 0.3) is 5.91 Å². The van der Waals surface area contributed by atoms with E-state index in [1.165, 1.54) is 0 Å². The van der Waals surface area contributed by atoms with Crippen LogP contribution in [-0.2, 0) is 0 Å². The van der Waals surface area contributed by atoms with Crippen molar-refractivity contribution in [3.63, 3.8) is 0 Å². The molecule has 1 aromatic heterocycles. The number of benzene rings is 1. The zero-order valence-electron chi connectivity index (χ0n) is 11.4. The Morgan fingerprint density at radius 3 is 2.95 bits per heavy atom. The lowest BCUT2D eigenvalue weighted by Gasteiger charge is -2.34. The molecule has 0 N–H and O–H groups in total. The SMILES string of the molecule is CC1CN(C(=O)c2ccnc3ccccc23)CCC1Br. The van der Waals surface area contributed by atoms with Gasteiger partial charge in [-0.05, 0) is 24.5 Å². The van der Waals surface area contributed by atoms with E-state index < -0.39 is 0 Å². The van der Waals surface area contributed by atoms with Gasteiger partial charge in [0.15, 0.2) is 0 Å². The Morgan fingerprint density at radius 2 is 2.15 bits per heavy atom. The van der Waals surface area contributed by atoms with Crippen LogP contribution in [0.25, 0.3) is 10.9 Å². The molecule has 0 bridgehead atoms. The van der Waals surface area contributed by atoms with E-state index in [0.717, 1.165) is 36.0 Å². The Morgan fingerprint density at radius 1 is 1.35 bits per heavy atom. The van der Waals surface area contributed by atoms with E-state index in [-0.39, 0.29) is 5.91 Å². The Labute approximate surface area is 127 Å². The van der Waals surface area contributed by atoms with Crippen molar-refractivity contribution < 1.29 is 4.79 Å². The summed E-state index contributed by atoms with van der Waals surface area (Å²) in [5.74, 6) is 0.607. The summed E-state index contributed by atoms with van der Waals surface area (Å²) >= 11 is 3.68. The summed E-state index contributed by atoms with van der Waals surface area (Å²) in [5.41, 5.74) is 1.64. The molecular weight excluding hydrogens is 316 g/mol. The second-order valence-corrected chi connectivity index (χ2v) is 6.58. The summed E-state index contributed by atoms with van der Waals surface area (Å²) in [6, 6.07) is 9.64. The number of likely N-dealkylation sites (tertiary alicyclic amines) is 1. The van der Waals surface area contributed by atoms with E-state index in [1.807, 2.05) is 35.2 Å². The standard InChI is InChI=1S/C16H17BrN2O/c1-11-10-19(9-7-14(11)17)16(20)13-6-8-18-15-5-3-2-4-12(13)15/h2-6,8,11,14H,7,9-10H2,1H3. The number of alkyl halides is 1. The van der Waals surface area contributed by atoms with Crippen molar-refractivity contribution in [2.45, 2.75) is 18.2 Å². The van der Waals surface area contributed by atoms with Gasteiger partial charge < -0.3 is 4.90 Å². The van der Waals surface area contributed by atoms with E-state index in [2.05, 4.69) is 27.8 Å². The molecule has 0 radical (unpaired) electrons.